The van der Waals surface area contributed by atoms with Crippen molar-refractivity contribution in [1.82, 2.24) is 4.72 Å². The van der Waals surface area contributed by atoms with Crippen LogP contribution >= 0.6 is 0 Å². The molecule has 0 radical (unpaired) electrons. The van der Waals surface area contributed by atoms with Crippen LogP contribution in [0.15, 0.2) is 41.3 Å². The molecule has 2 aromatic carbocycles. The molecule has 0 unspecified atom stereocenters. The van der Waals surface area contributed by atoms with E-state index in [4.69, 9.17) is 0 Å². The van der Waals surface area contributed by atoms with Gasteiger partial charge in [-0.2, -0.15) is 4.72 Å². The third kappa shape index (κ3) is 3.52. The van der Waals surface area contributed by atoms with E-state index in [0.29, 0.717) is 5.39 Å². The van der Waals surface area contributed by atoms with Crippen molar-refractivity contribution in [2.45, 2.75) is 24.8 Å². The highest BCUT2D eigenvalue weighted by Gasteiger charge is 2.29. The maximum absolute atomic E-state index is 12.8. The molecule has 6 nitrogen and oxygen atoms in total. The predicted octanol–water partition coefficient (Wildman–Crippen LogP) is 2.29. The Morgan fingerprint density at radius 1 is 1.08 bits per heavy atom. The second-order valence-electron chi connectivity index (χ2n) is 6.20. The third-order valence-electron chi connectivity index (χ3n) is 3.85. The number of carboxylic acid groups (broad SMARTS) is 1. The Labute approximate surface area is 142 Å². The molecule has 0 aliphatic heterocycles. The number of anilines is 1. The highest BCUT2D eigenvalue weighted by molar-refractivity contribution is 7.89. The lowest BCUT2D eigenvalue weighted by Crippen LogP contribution is -2.44. The molecular formula is C17H22N2O4S. The number of nitrogens with zero attached hydrogens (tertiary/aromatic N) is 1. The normalized spacial score (nSPS) is 13.2. The molecule has 0 saturated heterocycles. The second kappa shape index (κ2) is 6.78. The molecule has 24 heavy (non-hydrogen) atoms. The summed E-state index contributed by atoms with van der Waals surface area (Å²) in [6.07, 6.45) is 0. The quantitative estimate of drug-likeness (QED) is 0.835. The van der Waals surface area contributed by atoms with Gasteiger partial charge < -0.3 is 10.0 Å². The monoisotopic (exact) mass is 350 g/mol. The van der Waals surface area contributed by atoms with Crippen LogP contribution in [0.4, 0.5) is 5.69 Å². The molecule has 0 aliphatic carbocycles. The van der Waals surface area contributed by atoms with E-state index in [1.807, 2.05) is 31.1 Å². The Bertz CT molecular complexity index is 860. The zero-order valence-electron chi connectivity index (χ0n) is 14.1. The number of hydrogen-bond donors (Lipinski definition) is 2. The summed E-state index contributed by atoms with van der Waals surface area (Å²) in [4.78, 5) is 13.3. The van der Waals surface area contributed by atoms with E-state index >= 15 is 0 Å². The van der Waals surface area contributed by atoms with Crippen molar-refractivity contribution < 1.29 is 18.3 Å². The number of hydrogen-bond acceptors (Lipinski definition) is 4. The summed E-state index contributed by atoms with van der Waals surface area (Å²) >= 11 is 0. The lowest BCUT2D eigenvalue weighted by atomic mass is 10.1. The molecule has 1 atom stereocenters. The standard InChI is InChI=1S/C17H22N2O4S/c1-11(2)16(17(20)21)18-24(22,23)15-10-6-7-12-13(15)8-5-9-14(12)19(3)4/h5-11,16,18H,1-4H3,(H,20,21)/t16-/m1/s1. The van der Waals surface area contributed by atoms with Crippen LogP contribution in [0.3, 0.4) is 0 Å². The van der Waals surface area contributed by atoms with E-state index in [-0.39, 0.29) is 10.8 Å². The van der Waals surface area contributed by atoms with Crippen molar-refractivity contribution in [2.24, 2.45) is 5.92 Å². The molecule has 0 aliphatic rings. The fourth-order valence-corrected chi connectivity index (χ4v) is 4.15. The largest absolute Gasteiger partial charge is 0.480 e. The number of aliphatic carboxylic acids is 1. The predicted molar refractivity (Wildman–Crippen MR) is 94.9 cm³/mol. The number of rotatable bonds is 6. The third-order valence-corrected chi connectivity index (χ3v) is 5.34. The maximum Gasteiger partial charge on any atom is 0.322 e. The Morgan fingerprint density at radius 2 is 1.67 bits per heavy atom. The topological polar surface area (TPSA) is 86.7 Å². The molecule has 2 aromatic rings. The average Bonchev–Trinajstić information content (AvgIpc) is 2.50. The van der Waals surface area contributed by atoms with E-state index in [0.717, 1.165) is 11.1 Å². The Balaban J connectivity index is 2.59. The van der Waals surface area contributed by atoms with Gasteiger partial charge in [0.2, 0.25) is 10.0 Å². The van der Waals surface area contributed by atoms with E-state index in [2.05, 4.69) is 4.72 Å². The summed E-state index contributed by atoms with van der Waals surface area (Å²) in [7, 11) is -0.203. The minimum atomic E-state index is -3.97. The summed E-state index contributed by atoms with van der Waals surface area (Å²) in [6.45, 7) is 3.32. The lowest BCUT2D eigenvalue weighted by Gasteiger charge is -2.20. The molecule has 0 amide bonds. The average molecular weight is 350 g/mol. The van der Waals surface area contributed by atoms with Gasteiger partial charge in [0.15, 0.2) is 0 Å². The fraction of sp³-hybridized carbons (Fsp3) is 0.353. The first-order chi connectivity index (χ1) is 11.1. The Hall–Kier alpha value is -2.12. The first kappa shape index (κ1) is 18.2. The zero-order chi connectivity index (χ0) is 18.1. The number of benzene rings is 2. The molecule has 2 rings (SSSR count). The van der Waals surface area contributed by atoms with Crippen molar-refractivity contribution in [3.05, 3.63) is 36.4 Å². The number of fused-ring (bicyclic) bond motifs is 1. The van der Waals surface area contributed by atoms with Gasteiger partial charge in [-0.05, 0) is 18.1 Å². The zero-order valence-corrected chi connectivity index (χ0v) is 15.0. The van der Waals surface area contributed by atoms with Crippen molar-refractivity contribution >= 4 is 32.5 Å². The minimum Gasteiger partial charge on any atom is -0.480 e. The second-order valence-corrected chi connectivity index (χ2v) is 7.89. The van der Waals surface area contributed by atoms with E-state index < -0.39 is 22.0 Å². The summed E-state index contributed by atoms with van der Waals surface area (Å²) in [5, 5.41) is 10.6. The first-order valence-electron chi connectivity index (χ1n) is 7.59. The van der Waals surface area contributed by atoms with Gasteiger partial charge in [-0.15, -0.1) is 0 Å². The van der Waals surface area contributed by atoms with Crippen molar-refractivity contribution in [3.63, 3.8) is 0 Å². The summed E-state index contributed by atoms with van der Waals surface area (Å²) in [5.74, 6) is -1.56. The molecule has 0 saturated carbocycles. The molecule has 0 fully saturated rings. The molecule has 7 heteroatoms. The van der Waals surface area contributed by atoms with Crippen LogP contribution in [0.5, 0.6) is 0 Å². The molecule has 2 N–H and O–H groups in total. The fourth-order valence-electron chi connectivity index (χ4n) is 2.59. The van der Waals surface area contributed by atoms with Crippen LogP contribution in [0.25, 0.3) is 10.8 Å². The van der Waals surface area contributed by atoms with Crippen molar-refractivity contribution in [2.75, 3.05) is 19.0 Å². The van der Waals surface area contributed by atoms with Crippen LogP contribution in [0.2, 0.25) is 0 Å². The van der Waals surface area contributed by atoms with Gasteiger partial charge in [0, 0.05) is 30.6 Å². The van der Waals surface area contributed by atoms with Gasteiger partial charge in [-0.1, -0.05) is 38.1 Å². The molecule has 0 bridgehead atoms. The van der Waals surface area contributed by atoms with Crippen LogP contribution in [-0.4, -0.2) is 39.6 Å². The Morgan fingerprint density at radius 3 is 2.21 bits per heavy atom. The number of sulfonamides is 1. The van der Waals surface area contributed by atoms with Crippen LogP contribution < -0.4 is 9.62 Å². The highest BCUT2D eigenvalue weighted by Crippen LogP contribution is 2.30. The van der Waals surface area contributed by atoms with E-state index in [1.54, 1.807) is 32.0 Å². The first-order valence-corrected chi connectivity index (χ1v) is 9.07. The van der Waals surface area contributed by atoms with E-state index in [9.17, 15) is 18.3 Å². The lowest BCUT2D eigenvalue weighted by molar-refractivity contribution is -0.140. The van der Waals surface area contributed by atoms with Crippen LogP contribution in [0, 0.1) is 5.92 Å². The number of nitrogens with one attached hydrogen (secondary N) is 1. The van der Waals surface area contributed by atoms with Gasteiger partial charge in [-0.25, -0.2) is 8.42 Å². The smallest absolute Gasteiger partial charge is 0.322 e. The minimum absolute atomic E-state index is 0.0793. The molecule has 130 valence electrons. The summed E-state index contributed by atoms with van der Waals surface area (Å²) in [5.41, 5.74) is 0.892. The van der Waals surface area contributed by atoms with E-state index in [1.165, 1.54) is 6.07 Å². The van der Waals surface area contributed by atoms with Crippen molar-refractivity contribution in [3.8, 4) is 0 Å². The van der Waals surface area contributed by atoms with Gasteiger partial charge in [0.1, 0.15) is 6.04 Å². The SMILES string of the molecule is CC(C)[C@@H](NS(=O)(=O)c1cccc2c(N(C)C)cccc12)C(=O)O. The molecule has 0 spiro atoms. The molecule has 0 heterocycles. The van der Waals surface area contributed by atoms with Gasteiger partial charge >= 0.3 is 5.97 Å². The van der Waals surface area contributed by atoms with Crippen LogP contribution in [-0.2, 0) is 14.8 Å². The summed E-state index contributed by atoms with van der Waals surface area (Å²) < 4.78 is 27.8. The van der Waals surface area contributed by atoms with Crippen LogP contribution in [0.1, 0.15) is 13.8 Å². The van der Waals surface area contributed by atoms with Crippen molar-refractivity contribution in [1.29, 1.82) is 0 Å². The van der Waals surface area contributed by atoms with Gasteiger partial charge in [-0.3, -0.25) is 4.79 Å². The maximum atomic E-state index is 12.8. The molecule has 0 aromatic heterocycles. The Kier molecular flexibility index (Phi) is 5.15. The highest BCUT2D eigenvalue weighted by atomic mass is 32.2. The number of carboxylic acids is 1. The summed E-state index contributed by atoms with van der Waals surface area (Å²) in [6, 6.07) is 9.23. The number of carbonyl (C=O) groups is 1. The molecular weight excluding hydrogens is 328 g/mol. The van der Waals surface area contributed by atoms with Gasteiger partial charge in [0.25, 0.3) is 0 Å². The van der Waals surface area contributed by atoms with Gasteiger partial charge in [0.05, 0.1) is 4.90 Å².